The van der Waals surface area contributed by atoms with Crippen molar-refractivity contribution < 1.29 is 9.90 Å². The fourth-order valence-electron chi connectivity index (χ4n) is 2.16. The molecule has 100 valence electrons. The highest BCUT2D eigenvalue weighted by molar-refractivity contribution is 5.70. The summed E-state index contributed by atoms with van der Waals surface area (Å²) in [5.74, 6) is -0.951. The summed E-state index contributed by atoms with van der Waals surface area (Å²) in [7, 11) is 6.10. The summed E-state index contributed by atoms with van der Waals surface area (Å²) < 4.78 is 0. The highest BCUT2D eigenvalue weighted by Gasteiger charge is 2.29. The molecule has 1 fully saturated rings. The Morgan fingerprint density at radius 3 is 2.53 bits per heavy atom. The summed E-state index contributed by atoms with van der Waals surface area (Å²) in [5, 5.41) is 9.20. The van der Waals surface area contributed by atoms with Gasteiger partial charge >= 0.3 is 5.97 Å². The minimum atomic E-state index is -0.680. The van der Waals surface area contributed by atoms with Gasteiger partial charge in [0.1, 0.15) is 0 Å². The first-order valence-electron chi connectivity index (χ1n) is 6.20. The van der Waals surface area contributed by atoms with Crippen LogP contribution in [0.4, 0.5) is 0 Å². The average molecular weight is 243 g/mol. The lowest BCUT2D eigenvalue weighted by atomic mass is 10.1. The van der Waals surface area contributed by atoms with Crippen LogP contribution in [0.2, 0.25) is 0 Å². The molecule has 1 N–H and O–H groups in total. The van der Waals surface area contributed by atoms with E-state index in [0.29, 0.717) is 19.1 Å². The molecular weight excluding hydrogens is 218 g/mol. The Bertz CT molecular complexity index is 258. The molecule has 0 amide bonds. The quantitative estimate of drug-likeness (QED) is 0.746. The predicted octanol–water partition coefficient (Wildman–Crippen LogP) is -0.115. The molecule has 17 heavy (non-hydrogen) atoms. The van der Waals surface area contributed by atoms with Crippen LogP contribution in [0.25, 0.3) is 0 Å². The van der Waals surface area contributed by atoms with E-state index in [0.717, 1.165) is 19.6 Å². The van der Waals surface area contributed by atoms with Crippen molar-refractivity contribution in [3.8, 4) is 0 Å². The minimum Gasteiger partial charge on any atom is -0.481 e. The van der Waals surface area contributed by atoms with Crippen molar-refractivity contribution in [3.63, 3.8) is 0 Å². The fraction of sp³-hybridized carbons (Fsp3) is 0.917. The summed E-state index contributed by atoms with van der Waals surface area (Å²) in [6, 6.07) is 0.418. The number of likely N-dealkylation sites (N-methyl/N-ethyl adjacent to an activating group) is 2. The van der Waals surface area contributed by atoms with Crippen LogP contribution in [0.1, 0.15) is 6.92 Å². The second kappa shape index (κ2) is 6.33. The molecule has 1 saturated heterocycles. The Hall–Kier alpha value is -0.650. The van der Waals surface area contributed by atoms with Crippen LogP contribution in [0, 0.1) is 5.92 Å². The lowest BCUT2D eigenvalue weighted by Gasteiger charge is -2.26. The smallest absolute Gasteiger partial charge is 0.309 e. The number of rotatable bonds is 4. The van der Waals surface area contributed by atoms with E-state index in [2.05, 4.69) is 21.6 Å². The number of hydrogen-bond acceptors (Lipinski definition) is 4. The Labute approximate surface area is 104 Å². The van der Waals surface area contributed by atoms with Gasteiger partial charge in [0, 0.05) is 38.8 Å². The van der Waals surface area contributed by atoms with E-state index < -0.39 is 5.97 Å². The molecular formula is C12H25N3O2. The lowest BCUT2D eigenvalue weighted by molar-refractivity contribution is -0.142. The summed E-state index contributed by atoms with van der Waals surface area (Å²) >= 11 is 0. The molecule has 5 heteroatoms. The zero-order chi connectivity index (χ0) is 13.0. The fourth-order valence-corrected chi connectivity index (χ4v) is 2.16. The van der Waals surface area contributed by atoms with E-state index in [1.165, 1.54) is 0 Å². The van der Waals surface area contributed by atoms with Crippen LogP contribution >= 0.6 is 0 Å². The second-order valence-electron chi connectivity index (χ2n) is 5.39. The van der Waals surface area contributed by atoms with Gasteiger partial charge in [-0.15, -0.1) is 0 Å². The number of carboxylic acid groups (broad SMARTS) is 1. The molecule has 0 radical (unpaired) electrons. The highest BCUT2D eigenvalue weighted by Crippen LogP contribution is 2.13. The number of nitrogens with zero attached hydrogens (tertiary/aromatic N) is 3. The molecule has 0 aliphatic carbocycles. The molecule has 0 aromatic carbocycles. The molecule has 5 nitrogen and oxygen atoms in total. The van der Waals surface area contributed by atoms with Crippen LogP contribution in [-0.4, -0.2) is 85.7 Å². The number of aliphatic carboxylic acids is 1. The molecule has 2 atom stereocenters. The van der Waals surface area contributed by atoms with Gasteiger partial charge in [0.25, 0.3) is 0 Å². The lowest BCUT2D eigenvalue weighted by Crippen LogP contribution is -2.39. The minimum absolute atomic E-state index is 0.271. The topological polar surface area (TPSA) is 47.0 Å². The van der Waals surface area contributed by atoms with Gasteiger partial charge in [0.15, 0.2) is 0 Å². The molecule has 1 aliphatic rings. The number of carboxylic acids is 1. The third-order valence-corrected chi connectivity index (χ3v) is 3.47. The normalized spacial score (nSPS) is 28.3. The molecule has 0 bridgehead atoms. The van der Waals surface area contributed by atoms with E-state index >= 15 is 0 Å². The highest BCUT2D eigenvalue weighted by atomic mass is 16.4. The van der Waals surface area contributed by atoms with Gasteiger partial charge in [-0.05, 0) is 28.1 Å². The maximum atomic E-state index is 11.2. The van der Waals surface area contributed by atoms with Crippen molar-refractivity contribution in [1.82, 2.24) is 14.7 Å². The summed E-state index contributed by atoms with van der Waals surface area (Å²) in [6.07, 6.45) is 0. The first-order valence-corrected chi connectivity index (χ1v) is 6.20. The first kappa shape index (κ1) is 14.4. The molecule has 0 spiro atoms. The third kappa shape index (κ3) is 4.61. The van der Waals surface area contributed by atoms with Crippen molar-refractivity contribution >= 4 is 5.97 Å². The molecule has 2 unspecified atom stereocenters. The van der Waals surface area contributed by atoms with Gasteiger partial charge in [0.2, 0.25) is 0 Å². The van der Waals surface area contributed by atoms with Crippen molar-refractivity contribution in [2.75, 3.05) is 53.9 Å². The van der Waals surface area contributed by atoms with Crippen LogP contribution in [0.5, 0.6) is 0 Å². The van der Waals surface area contributed by atoms with Crippen LogP contribution < -0.4 is 0 Å². The van der Waals surface area contributed by atoms with Crippen LogP contribution in [-0.2, 0) is 4.79 Å². The largest absolute Gasteiger partial charge is 0.481 e. The van der Waals surface area contributed by atoms with E-state index in [1.54, 1.807) is 0 Å². The zero-order valence-corrected chi connectivity index (χ0v) is 11.4. The third-order valence-electron chi connectivity index (χ3n) is 3.47. The Morgan fingerprint density at radius 2 is 2.00 bits per heavy atom. The Morgan fingerprint density at radius 1 is 1.35 bits per heavy atom. The summed E-state index contributed by atoms with van der Waals surface area (Å²) in [4.78, 5) is 17.7. The van der Waals surface area contributed by atoms with Gasteiger partial charge < -0.3 is 14.9 Å². The van der Waals surface area contributed by atoms with Gasteiger partial charge in [0.05, 0.1) is 5.92 Å². The number of hydrogen-bond donors (Lipinski definition) is 1. The first-order chi connectivity index (χ1) is 7.90. The standard InChI is InChI=1S/C12H25N3O2/c1-10-7-15(6-5-13(2)3)9-11(12(16)17)8-14(10)4/h10-11H,5-9H2,1-4H3,(H,16,17). The number of carbonyl (C=O) groups is 1. The summed E-state index contributed by atoms with van der Waals surface area (Å²) in [6.45, 7) is 6.34. The maximum absolute atomic E-state index is 11.2. The summed E-state index contributed by atoms with van der Waals surface area (Å²) in [5.41, 5.74) is 0. The van der Waals surface area contributed by atoms with Crippen molar-refractivity contribution in [1.29, 1.82) is 0 Å². The van der Waals surface area contributed by atoms with Gasteiger partial charge in [-0.3, -0.25) is 9.69 Å². The SMILES string of the molecule is CC1CN(CCN(C)C)CC(C(=O)O)CN1C. The van der Waals surface area contributed by atoms with E-state index in [1.807, 2.05) is 21.1 Å². The van der Waals surface area contributed by atoms with Crippen LogP contribution in [0.15, 0.2) is 0 Å². The molecule has 1 rings (SSSR count). The van der Waals surface area contributed by atoms with Crippen molar-refractivity contribution in [3.05, 3.63) is 0 Å². The average Bonchev–Trinajstić information content (AvgIpc) is 2.36. The van der Waals surface area contributed by atoms with Crippen LogP contribution in [0.3, 0.4) is 0 Å². The van der Waals surface area contributed by atoms with E-state index in [-0.39, 0.29) is 5.92 Å². The monoisotopic (exact) mass is 243 g/mol. The maximum Gasteiger partial charge on any atom is 0.309 e. The molecule has 0 saturated carbocycles. The van der Waals surface area contributed by atoms with Gasteiger partial charge in [-0.25, -0.2) is 0 Å². The van der Waals surface area contributed by atoms with E-state index in [9.17, 15) is 9.90 Å². The van der Waals surface area contributed by atoms with Crippen molar-refractivity contribution in [2.24, 2.45) is 5.92 Å². The predicted molar refractivity (Wildman–Crippen MR) is 68.2 cm³/mol. The second-order valence-corrected chi connectivity index (χ2v) is 5.39. The molecule has 1 heterocycles. The molecule has 0 aromatic rings. The Kier molecular flexibility index (Phi) is 5.36. The van der Waals surface area contributed by atoms with E-state index in [4.69, 9.17) is 0 Å². The van der Waals surface area contributed by atoms with Gasteiger partial charge in [-0.2, -0.15) is 0 Å². The molecule has 0 aromatic heterocycles. The zero-order valence-electron chi connectivity index (χ0n) is 11.4. The molecule has 1 aliphatic heterocycles. The van der Waals surface area contributed by atoms with Crippen molar-refractivity contribution in [2.45, 2.75) is 13.0 Å². The van der Waals surface area contributed by atoms with Gasteiger partial charge in [-0.1, -0.05) is 0 Å². The Balaban J connectivity index is 2.60.